The summed E-state index contributed by atoms with van der Waals surface area (Å²) in [5.41, 5.74) is 3.09. The topological polar surface area (TPSA) is 20.3 Å². The molecule has 0 saturated carbocycles. The van der Waals surface area contributed by atoms with E-state index < -0.39 is 0 Å². The van der Waals surface area contributed by atoms with Crippen LogP contribution in [0.2, 0.25) is 0 Å². The Kier molecular flexibility index (Phi) is 5.45. The lowest BCUT2D eigenvalue weighted by molar-refractivity contribution is 0.104. The molecule has 0 bridgehead atoms. The number of nitrogens with zero attached hydrogens (tertiary/aromatic N) is 1. The van der Waals surface area contributed by atoms with Crippen LogP contribution in [0.1, 0.15) is 21.5 Å². The summed E-state index contributed by atoms with van der Waals surface area (Å²) in [5.74, 6) is 0.0549. The van der Waals surface area contributed by atoms with Gasteiger partial charge in [0.1, 0.15) is 0 Å². The molecule has 114 valence electrons. The fourth-order valence-electron chi connectivity index (χ4n) is 1.95. The molecule has 2 aromatic carbocycles. The molecule has 0 heterocycles. The molecule has 0 atom stereocenters. The molecule has 3 heteroatoms. The van der Waals surface area contributed by atoms with Crippen LogP contribution in [-0.4, -0.2) is 24.8 Å². The monoisotopic (exact) mass is 311 g/mol. The lowest BCUT2D eigenvalue weighted by Crippen LogP contribution is -2.08. The Morgan fingerprint density at radius 3 is 1.91 bits per heavy atom. The highest BCUT2D eigenvalue weighted by Crippen LogP contribution is 2.29. The predicted octanol–water partition coefficient (Wildman–Crippen LogP) is 4.68. The number of rotatable bonds is 5. The zero-order valence-electron chi connectivity index (χ0n) is 13.5. The lowest BCUT2D eigenvalue weighted by Gasteiger charge is -2.11. The average Bonchev–Trinajstić information content (AvgIpc) is 2.48. The molecule has 0 aromatic heterocycles. The van der Waals surface area contributed by atoms with Crippen molar-refractivity contribution in [2.24, 2.45) is 0 Å². The van der Waals surface area contributed by atoms with Crippen LogP contribution in [0.25, 0.3) is 0 Å². The second-order valence-electron chi connectivity index (χ2n) is 5.57. The summed E-state index contributed by atoms with van der Waals surface area (Å²) >= 11 is 1.50. The van der Waals surface area contributed by atoms with Crippen LogP contribution in [-0.2, 0) is 0 Å². The minimum Gasteiger partial charge on any atom is -0.382 e. The van der Waals surface area contributed by atoms with Gasteiger partial charge in [0.05, 0.1) is 4.91 Å². The van der Waals surface area contributed by atoms with Crippen molar-refractivity contribution in [3.8, 4) is 0 Å². The second kappa shape index (κ2) is 7.32. The average molecular weight is 311 g/mol. The Morgan fingerprint density at radius 1 is 0.909 bits per heavy atom. The molecule has 0 amide bonds. The highest BCUT2D eigenvalue weighted by Gasteiger charge is 2.14. The van der Waals surface area contributed by atoms with Gasteiger partial charge < -0.3 is 4.90 Å². The van der Waals surface area contributed by atoms with E-state index in [2.05, 4.69) is 19.1 Å². The molecule has 0 spiro atoms. The van der Waals surface area contributed by atoms with E-state index in [1.165, 1.54) is 17.3 Å². The van der Waals surface area contributed by atoms with Gasteiger partial charge in [-0.3, -0.25) is 4.79 Å². The number of aryl methyl sites for hydroxylation is 2. The SMILES string of the molecule is Cc1ccc(SC(=CN(C)C)C(=O)c2ccc(C)cc2)cc1. The third kappa shape index (κ3) is 4.50. The van der Waals surface area contributed by atoms with Crippen molar-refractivity contribution in [1.82, 2.24) is 4.90 Å². The lowest BCUT2D eigenvalue weighted by atomic mass is 10.1. The Hall–Kier alpha value is -2.00. The maximum absolute atomic E-state index is 12.7. The van der Waals surface area contributed by atoms with E-state index in [1.54, 1.807) is 0 Å². The van der Waals surface area contributed by atoms with Gasteiger partial charge in [-0.05, 0) is 26.0 Å². The number of allylic oxidation sites excluding steroid dienone is 1. The molecule has 0 aliphatic heterocycles. The Balaban J connectivity index is 2.28. The first-order valence-electron chi connectivity index (χ1n) is 7.20. The Morgan fingerprint density at radius 2 is 1.41 bits per heavy atom. The van der Waals surface area contributed by atoms with Gasteiger partial charge >= 0.3 is 0 Å². The molecule has 2 rings (SSSR count). The first kappa shape index (κ1) is 16.4. The van der Waals surface area contributed by atoms with Crippen LogP contribution >= 0.6 is 11.8 Å². The number of Topliss-reactive ketones (excluding diaryl/α,β-unsaturated/α-hetero) is 1. The molecule has 0 fully saturated rings. The molecule has 22 heavy (non-hydrogen) atoms. The zero-order chi connectivity index (χ0) is 16.1. The van der Waals surface area contributed by atoms with Crippen molar-refractivity contribution < 1.29 is 4.79 Å². The number of carbonyl (C=O) groups is 1. The summed E-state index contributed by atoms with van der Waals surface area (Å²) in [6.45, 7) is 4.08. The number of hydrogen-bond acceptors (Lipinski definition) is 3. The fourth-order valence-corrected chi connectivity index (χ4v) is 2.95. The second-order valence-corrected chi connectivity index (χ2v) is 6.68. The summed E-state index contributed by atoms with van der Waals surface area (Å²) in [5, 5.41) is 0. The van der Waals surface area contributed by atoms with Crippen LogP contribution in [0.5, 0.6) is 0 Å². The minimum atomic E-state index is 0.0549. The molecule has 0 N–H and O–H groups in total. The highest BCUT2D eigenvalue weighted by molar-refractivity contribution is 8.04. The molecular weight excluding hydrogens is 290 g/mol. The van der Waals surface area contributed by atoms with E-state index in [4.69, 9.17) is 0 Å². The molecule has 0 unspecified atom stereocenters. The third-order valence-electron chi connectivity index (χ3n) is 3.16. The van der Waals surface area contributed by atoms with Crippen LogP contribution in [0.4, 0.5) is 0 Å². The summed E-state index contributed by atoms with van der Waals surface area (Å²) in [4.78, 5) is 16.4. The van der Waals surface area contributed by atoms with Crippen molar-refractivity contribution in [2.45, 2.75) is 18.7 Å². The van der Waals surface area contributed by atoms with Gasteiger partial charge in [0, 0.05) is 30.8 Å². The third-order valence-corrected chi connectivity index (χ3v) is 4.18. The predicted molar refractivity (Wildman–Crippen MR) is 94.3 cm³/mol. The van der Waals surface area contributed by atoms with Crippen molar-refractivity contribution >= 4 is 17.5 Å². The van der Waals surface area contributed by atoms with Crippen LogP contribution in [0.3, 0.4) is 0 Å². The van der Waals surface area contributed by atoms with Crippen LogP contribution < -0.4 is 0 Å². The van der Waals surface area contributed by atoms with Crippen molar-refractivity contribution in [2.75, 3.05) is 14.1 Å². The van der Waals surface area contributed by atoms with Gasteiger partial charge in [-0.15, -0.1) is 0 Å². The fraction of sp³-hybridized carbons (Fsp3) is 0.211. The van der Waals surface area contributed by atoms with Gasteiger partial charge in [-0.2, -0.15) is 0 Å². The quantitative estimate of drug-likeness (QED) is 0.454. The van der Waals surface area contributed by atoms with Gasteiger partial charge in [0.15, 0.2) is 0 Å². The number of hydrogen-bond donors (Lipinski definition) is 0. The molecule has 2 aromatic rings. The largest absolute Gasteiger partial charge is 0.382 e. The van der Waals surface area contributed by atoms with Crippen molar-refractivity contribution in [3.63, 3.8) is 0 Å². The summed E-state index contributed by atoms with van der Waals surface area (Å²) in [7, 11) is 3.86. The standard InChI is InChI=1S/C19H21NOS/c1-14-5-9-16(10-6-14)19(21)18(13-20(3)4)22-17-11-7-15(2)8-12-17/h5-13H,1-4H3. The van der Waals surface area contributed by atoms with E-state index in [-0.39, 0.29) is 5.78 Å². The summed E-state index contributed by atoms with van der Waals surface area (Å²) < 4.78 is 0. The Bertz CT molecular complexity index is 670. The minimum absolute atomic E-state index is 0.0549. The number of carbonyl (C=O) groups excluding carboxylic acids is 1. The number of benzene rings is 2. The van der Waals surface area contributed by atoms with Gasteiger partial charge in [-0.25, -0.2) is 0 Å². The number of ketones is 1. The smallest absolute Gasteiger partial charge is 0.201 e. The maximum atomic E-state index is 12.7. The van der Waals surface area contributed by atoms with E-state index in [9.17, 15) is 4.79 Å². The summed E-state index contributed by atoms with van der Waals surface area (Å²) in [6, 6.07) is 15.9. The number of thioether (sulfide) groups is 1. The van der Waals surface area contributed by atoms with E-state index in [0.29, 0.717) is 0 Å². The Labute approximate surface area is 136 Å². The molecular formula is C19H21NOS. The van der Waals surface area contributed by atoms with Gasteiger partial charge in [0.25, 0.3) is 0 Å². The van der Waals surface area contributed by atoms with Crippen LogP contribution in [0, 0.1) is 13.8 Å². The first-order valence-corrected chi connectivity index (χ1v) is 8.01. The van der Waals surface area contributed by atoms with Gasteiger partial charge in [0.2, 0.25) is 5.78 Å². The molecule has 0 saturated heterocycles. The molecule has 2 nitrogen and oxygen atoms in total. The van der Waals surface area contributed by atoms with E-state index in [1.807, 2.05) is 68.5 Å². The maximum Gasteiger partial charge on any atom is 0.201 e. The molecule has 0 aliphatic carbocycles. The normalized spacial score (nSPS) is 11.4. The van der Waals surface area contributed by atoms with Crippen molar-refractivity contribution in [3.05, 3.63) is 76.3 Å². The summed E-state index contributed by atoms with van der Waals surface area (Å²) in [6.07, 6.45) is 1.88. The molecule has 0 radical (unpaired) electrons. The highest BCUT2D eigenvalue weighted by atomic mass is 32.2. The van der Waals surface area contributed by atoms with Gasteiger partial charge in [-0.1, -0.05) is 59.3 Å². The van der Waals surface area contributed by atoms with E-state index >= 15 is 0 Å². The van der Waals surface area contributed by atoms with Crippen molar-refractivity contribution in [1.29, 1.82) is 0 Å². The van der Waals surface area contributed by atoms with E-state index in [0.717, 1.165) is 20.9 Å². The van der Waals surface area contributed by atoms with Crippen LogP contribution in [0.15, 0.2) is 64.5 Å². The zero-order valence-corrected chi connectivity index (χ0v) is 14.3. The molecule has 0 aliphatic rings. The first-order chi connectivity index (χ1) is 10.5.